The van der Waals surface area contributed by atoms with Gasteiger partial charge in [0.25, 0.3) is 0 Å². The Bertz CT molecular complexity index is 1330. The molecule has 4 rings (SSSR count). The number of oxime groups is 1. The van der Waals surface area contributed by atoms with Crippen molar-refractivity contribution in [2.45, 2.75) is 45.1 Å². The number of fused-ring (bicyclic) bond motifs is 1. The maximum Gasteiger partial charge on any atom is 0.333 e. The van der Waals surface area contributed by atoms with Crippen LogP contribution in [-0.4, -0.2) is 55.8 Å². The zero-order valence-electron chi connectivity index (χ0n) is 24.2. The van der Waals surface area contributed by atoms with E-state index < -0.39 is 12.1 Å². The first-order chi connectivity index (χ1) is 19.8. The van der Waals surface area contributed by atoms with E-state index in [1.165, 1.54) is 11.3 Å². The van der Waals surface area contributed by atoms with Crippen molar-refractivity contribution in [3.63, 3.8) is 0 Å². The van der Waals surface area contributed by atoms with Crippen molar-refractivity contribution >= 4 is 17.4 Å². The van der Waals surface area contributed by atoms with Crippen LogP contribution in [0.3, 0.4) is 0 Å². The van der Waals surface area contributed by atoms with Crippen molar-refractivity contribution in [3.8, 4) is 5.75 Å². The van der Waals surface area contributed by atoms with E-state index in [-0.39, 0.29) is 5.41 Å². The van der Waals surface area contributed by atoms with E-state index in [0.29, 0.717) is 26.2 Å². The van der Waals surface area contributed by atoms with Gasteiger partial charge in [-0.15, -0.1) is 0 Å². The van der Waals surface area contributed by atoms with Crippen LogP contribution >= 0.6 is 0 Å². The van der Waals surface area contributed by atoms with Gasteiger partial charge in [-0.3, -0.25) is 0 Å². The van der Waals surface area contributed by atoms with E-state index in [0.717, 1.165) is 47.7 Å². The van der Waals surface area contributed by atoms with Crippen molar-refractivity contribution in [3.05, 3.63) is 108 Å². The van der Waals surface area contributed by atoms with Gasteiger partial charge in [-0.2, -0.15) is 0 Å². The first kappa shape index (κ1) is 29.9. The summed E-state index contributed by atoms with van der Waals surface area (Å²) < 4.78 is 11.4. The lowest BCUT2D eigenvalue weighted by Crippen LogP contribution is -2.39. The lowest BCUT2D eigenvalue weighted by molar-refractivity contribution is -0.149. The molecule has 1 heterocycles. The highest BCUT2D eigenvalue weighted by Crippen LogP contribution is 2.40. The minimum absolute atomic E-state index is 0.0115. The van der Waals surface area contributed by atoms with Crippen LogP contribution in [0, 0.1) is 0 Å². The number of nitrogens with zero attached hydrogens (tertiary/aromatic N) is 2. The van der Waals surface area contributed by atoms with Crippen molar-refractivity contribution in [2.75, 3.05) is 37.8 Å². The zero-order valence-corrected chi connectivity index (χ0v) is 24.2. The Labute approximate surface area is 243 Å². The van der Waals surface area contributed by atoms with Gasteiger partial charge >= 0.3 is 5.97 Å². The molecule has 41 heavy (non-hydrogen) atoms. The molecule has 7 nitrogen and oxygen atoms in total. The second-order valence-electron chi connectivity index (χ2n) is 10.7. The van der Waals surface area contributed by atoms with Gasteiger partial charge in [-0.25, -0.2) is 4.79 Å². The number of hydrogen-bond donors (Lipinski definition) is 1. The molecule has 0 saturated carbocycles. The summed E-state index contributed by atoms with van der Waals surface area (Å²) in [6.07, 6.45) is 2.19. The summed E-state index contributed by atoms with van der Waals surface area (Å²) in [6, 6.07) is 24.2. The molecule has 3 aromatic rings. The Kier molecular flexibility index (Phi) is 10.2. The van der Waals surface area contributed by atoms with Gasteiger partial charge in [-0.1, -0.05) is 80.2 Å². The van der Waals surface area contributed by atoms with Crippen LogP contribution in [-0.2, 0) is 26.2 Å². The molecule has 216 valence electrons. The summed E-state index contributed by atoms with van der Waals surface area (Å²) in [7, 11) is 0. The number of hydrogen-bond acceptors (Lipinski definition) is 6. The minimum Gasteiger partial charge on any atom is -0.492 e. The highest BCUT2D eigenvalue weighted by atomic mass is 16.6. The Hall–Kier alpha value is -4.10. The molecule has 0 amide bonds. The standard InChI is InChI=1S/C34H40N2O5/c1-5-21-41-35-32(26-10-8-7-9-11-26)27-14-17-30-29(24-27)34(3,4)18-19-36(30)20-22-40-28-15-12-25(13-16-28)23-31(33(37)38)39-6-2/h5,7-17,24,31H,1,6,18-23H2,2-4H3,(H,37,38)/b35-32-/t31-/m0/s1. The lowest BCUT2D eigenvalue weighted by Gasteiger charge is -2.40. The summed E-state index contributed by atoms with van der Waals surface area (Å²) in [5.74, 6) is -0.193. The van der Waals surface area contributed by atoms with Gasteiger partial charge in [-0.05, 0) is 54.2 Å². The number of anilines is 1. The number of carboxylic acid groups (broad SMARTS) is 1. The molecule has 0 aromatic heterocycles. The lowest BCUT2D eigenvalue weighted by atomic mass is 9.76. The molecule has 0 radical (unpaired) electrons. The van der Waals surface area contributed by atoms with E-state index in [1.54, 1.807) is 13.0 Å². The smallest absolute Gasteiger partial charge is 0.333 e. The van der Waals surface area contributed by atoms with Crippen LogP contribution in [0.2, 0.25) is 0 Å². The molecule has 1 aliphatic rings. The third-order valence-electron chi connectivity index (χ3n) is 7.36. The van der Waals surface area contributed by atoms with Crippen molar-refractivity contribution in [1.29, 1.82) is 0 Å². The van der Waals surface area contributed by atoms with Gasteiger partial charge in [0.2, 0.25) is 0 Å². The zero-order chi connectivity index (χ0) is 29.2. The average Bonchev–Trinajstić information content (AvgIpc) is 2.97. The van der Waals surface area contributed by atoms with E-state index in [4.69, 9.17) is 14.3 Å². The van der Waals surface area contributed by atoms with E-state index in [1.807, 2.05) is 54.6 Å². The predicted molar refractivity (Wildman–Crippen MR) is 163 cm³/mol. The molecule has 0 aliphatic carbocycles. The summed E-state index contributed by atoms with van der Waals surface area (Å²) in [4.78, 5) is 19.3. The number of carbonyl (C=O) groups is 1. The fraction of sp³-hybridized carbons (Fsp3) is 0.353. The SMILES string of the molecule is C=CCO/N=C(/c1ccccc1)c1ccc2c(c1)C(C)(C)CCN2CCOc1ccc(C[C@H](OCC)C(=O)O)cc1. The Balaban J connectivity index is 1.46. The normalized spacial score (nSPS) is 15.1. The molecule has 0 bridgehead atoms. The summed E-state index contributed by atoms with van der Waals surface area (Å²) in [6.45, 7) is 13.0. The second kappa shape index (κ2) is 14.0. The predicted octanol–water partition coefficient (Wildman–Crippen LogP) is 6.24. The molecule has 0 unspecified atom stereocenters. The summed E-state index contributed by atoms with van der Waals surface area (Å²) >= 11 is 0. The van der Waals surface area contributed by atoms with Crippen molar-refractivity contribution in [2.24, 2.45) is 5.16 Å². The fourth-order valence-corrected chi connectivity index (χ4v) is 5.05. The van der Waals surface area contributed by atoms with Crippen LogP contribution in [0.4, 0.5) is 5.69 Å². The quantitative estimate of drug-likeness (QED) is 0.110. The number of aliphatic carboxylic acids is 1. The Morgan fingerprint density at radius 3 is 2.54 bits per heavy atom. The first-order valence-electron chi connectivity index (χ1n) is 14.1. The van der Waals surface area contributed by atoms with Gasteiger partial charge in [0.15, 0.2) is 6.10 Å². The molecule has 0 saturated heterocycles. The highest BCUT2D eigenvalue weighted by Gasteiger charge is 2.32. The van der Waals surface area contributed by atoms with Crippen molar-refractivity contribution < 1.29 is 24.2 Å². The number of carboxylic acids is 1. The topological polar surface area (TPSA) is 80.6 Å². The van der Waals surface area contributed by atoms with E-state index in [2.05, 4.69) is 48.7 Å². The fourth-order valence-electron chi connectivity index (χ4n) is 5.05. The molecule has 1 N–H and O–H groups in total. The molecule has 1 atom stereocenters. The van der Waals surface area contributed by atoms with Gasteiger partial charge in [0.1, 0.15) is 24.7 Å². The maximum absolute atomic E-state index is 11.4. The van der Waals surface area contributed by atoms with Crippen LogP contribution < -0.4 is 9.64 Å². The maximum atomic E-state index is 11.4. The number of benzene rings is 3. The van der Waals surface area contributed by atoms with Gasteiger partial charge in [0, 0.05) is 36.4 Å². The molecular formula is C34H40N2O5. The number of rotatable bonds is 14. The third kappa shape index (κ3) is 7.76. The average molecular weight is 557 g/mol. The Morgan fingerprint density at radius 2 is 1.85 bits per heavy atom. The van der Waals surface area contributed by atoms with Gasteiger partial charge < -0.3 is 24.3 Å². The second-order valence-corrected chi connectivity index (χ2v) is 10.7. The van der Waals surface area contributed by atoms with Crippen LogP contribution in [0.15, 0.2) is 90.6 Å². The van der Waals surface area contributed by atoms with Crippen LogP contribution in [0.5, 0.6) is 5.75 Å². The van der Waals surface area contributed by atoms with Crippen LogP contribution in [0.25, 0.3) is 0 Å². The Morgan fingerprint density at radius 1 is 1.10 bits per heavy atom. The largest absolute Gasteiger partial charge is 0.492 e. The van der Waals surface area contributed by atoms with Crippen LogP contribution in [0.1, 0.15) is 49.4 Å². The first-order valence-corrected chi connectivity index (χ1v) is 14.1. The van der Waals surface area contributed by atoms with Gasteiger partial charge in [0.05, 0.1) is 6.54 Å². The third-order valence-corrected chi connectivity index (χ3v) is 7.36. The molecule has 7 heteroatoms. The number of ether oxygens (including phenoxy) is 2. The minimum atomic E-state index is -0.950. The molecular weight excluding hydrogens is 516 g/mol. The molecule has 0 spiro atoms. The molecule has 1 aliphatic heterocycles. The molecule has 0 fully saturated rings. The summed E-state index contributed by atoms with van der Waals surface area (Å²) in [5, 5.41) is 13.8. The van der Waals surface area contributed by atoms with E-state index in [9.17, 15) is 9.90 Å². The summed E-state index contributed by atoms with van der Waals surface area (Å²) in [5.41, 5.74) is 6.20. The van der Waals surface area contributed by atoms with E-state index >= 15 is 0 Å². The van der Waals surface area contributed by atoms with Crippen molar-refractivity contribution in [1.82, 2.24) is 0 Å². The molecule has 3 aromatic carbocycles. The highest BCUT2D eigenvalue weighted by molar-refractivity contribution is 6.13. The monoisotopic (exact) mass is 556 g/mol.